The first-order valence-electron chi connectivity index (χ1n) is 11.3. The van der Waals surface area contributed by atoms with Crippen LogP contribution < -0.4 is 15.0 Å². The summed E-state index contributed by atoms with van der Waals surface area (Å²) in [5, 5.41) is 2.04. The first kappa shape index (κ1) is 24.8. The van der Waals surface area contributed by atoms with Gasteiger partial charge in [0.1, 0.15) is 18.1 Å². The maximum Gasteiger partial charge on any atom is 0.294 e. The van der Waals surface area contributed by atoms with Crippen molar-refractivity contribution in [3.8, 4) is 5.75 Å². The second-order valence-electron chi connectivity index (χ2n) is 9.45. The Morgan fingerprint density at radius 1 is 1.26 bits per heavy atom. The summed E-state index contributed by atoms with van der Waals surface area (Å²) in [5.74, 6) is -0.617. The van der Waals surface area contributed by atoms with Gasteiger partial charge in [-0.2, -0.15) is 0 Å². The van der Waals surface area contributed by atoms with Gasteiger partial charge in [0, 0.05) is 35.6 Å². The number of nitrogens with zero attached hydrogens (tertiary/aromatic N) is 2. The van der Waals surface area contributed by atoms with Crippen LogP contribution in [0.5, 0.6) is 5.75 Å². The SMILES string of the molecule is COc1cc2c(cc1/C=C1/SC(=O)N(CC(=O)Nc3ccc(F)cc3)C1=O)C(C)CC(C)(C)N2C. The van der Waals surface area contributed by atoms with Gasteiger partial charge in [-0.25, -0.2) is 4.39 Å². The van der Waals surface area contributed by atoms with Crippen molar-refractivity contribution in [2.75, 3.05) is 30.9 Å². The Balaban J connectivity index is 1.57. The normalized spacial score (nSPS) is 20.3. The topological polar surface area (TPSA) is 79.0 Å². The first-order valence-corrected chi connectivity index (χ1v) is 12.1. The van der Waals surface area contributed by atoms with E-state index in [0.29, 0.717) is 22.9 Å². The van der Waals surface area contributed by atoms with E-state index < -0.39 is 29.4 Å². The zero-order valence-electron chi connectivity index (χ0n) is 20.3. The molecule has 9 heteroatoms. The molecule has 35 heavy (non-hydrogen) atoms. The van der Waals surface area contributed by atoms with Crippen molar-refractivity contribution >= 4 is 46.3 Å². The number of rotatable bonds is 5. The van der Waals surface area contributed by atoms with Crippen molar-refractivity contribution in [2.24, 2.45) is 0 Å². The number of halogens is 1. The highest BCUT2D eigenvalue weighted by Crippen LogP contribution is 2.45. The molecule has 0 radical (unpaired) electrons. The maximum atomic E-state index is 13.1. The molecule has 2 heterocycles. The molecule has 1 N–H and O–H groups in total. The molecule has 2 aromatic rings. The molecular formula is C26H28FN3O4S. The fourth-order valence-corrected chi connectivity index (χ4v) is 5.38. The van der Waals surface area contributed by atoms with E-state index in [1.165, 1.54) is 24.3 Å². The van der Waals surface area contributed by atoms with Crippen LogP contribution in [0.3, 0.4) is 0 Å². The van der Waals surface area contributed by atoms with Gasteiger partial charge in [-0.15, -0.1) is 0 Å². The van der Waals surface area contributed by atoms with Crippen LogP contribution in [0.25, 0.3) is 6.08 Å². The molecule has 4 rings (SSSR count). The largest absolute Gasteiger partial charge is 0.496 e. The molecule has 1 unspecified atom stereocenters. The minimum absolute atomic E-state index is 0.00388. The number of benzene rings is 2. The molecule has 3 amide bonds. The summed E-state index contributed by atoms with van der Waals surface area (Å²) in [6, 6.07) is 9.22. The summed E-state index contributed by atoms with van der Waals surface area (Å²) in [5.41, 5.74) is 3.30. The van der Waals surface area contributed by atoms with Crippen LogP contribution in [0.4, 0.5) is 20.6 Å². The summed E-state index contributed by atoms with van der Waals surface area (Å²) in [7, 11) is 3.63. The molecule has 2 aliphatic heterocycles. The van der Waals surface area contributed by atoms with Gasteiger partial charge in [0.25, 0.3) is 11.1 Å². The minimum Gasteiger partial charge on any atom is -0.496 e. The highest BCUT2D eigenvalue weighted by molar-refractivity contribution is 8.18. The average Bonchev–Trinajstić information content (AvgIpc) is 3.06. The Morgan fingerprint density at radius 3 is 2.60 bits per heavy atom. The van der Waals surface area contributed by atoms with Gasteiger partial charge < -0.3 is 15.0 Å². The quantitative estimate of drug-likeness (QED) is 0.570. The lowest BCUT2D eigenvalue weighted by molar-refractivity contribution is -0.127. The third kappa shape index (κ3) is 4.91. The molecule has 2 aromatic carbocycles. The Hall–Kier alpha value is -3.33. The second kappa shape index (κ2) is 9.37. The van der Waals surface area contributed by atoms with Crippen LogP contribution in [0, 0.1) is 5.82 Å². The number of anilines is 2. The summed E-state index contributed by atoms with van der Waals surface area (Å²) < 4.78 is 18.7. The van der Waals surface area contributed by atoms with Gasteiger partial charge in [0.2, 0.25) is 5.91 Å². The predicted molar refractivity (Wildman–Crippen MR) is 136 cm³/mol. The van der Waals surface area contributed by atoms with Crippen molar-refractivity contribution in [1.29, 1.82) is 0 Å². The van der Waals surface area contributed by atoms with E-state index >= 15 is 0 Å². The van der Waals surface area contributed by atoms with Gasteiger partial charge in [-0.3, -0.25) is 19.3 Å². The number of fused-ring (bicyclic) bond motifs is 1. The molecule has 7 nitrogen and oxygen atoms in total. The number of nitrogens with one attached hydrogen (secondary N) is 1. The Labute approximate surface area is 208 Å². The van der Waals surface area contributed by atoms with Gasteiger partial charge in [0.05, 0.1) is 12.0 Å². The van der Waals surface area contributed by atoms with Crippen LogP contribution in [-0.2, 0) is 9.59 Å². The second-order valence-corrected chi connectivity index (χ2v) is 10.4. The van der Waals surface area contributed by atoms with E-state index in [0.717, 1.165) is 34.3 Å². The van der Waals surface area contributed by atoms with Gasteiger partial charge in [0.15, 0.2) is 0 Å². The number of carbonyl (C=O) groups excluding carboxylic acids is 3. The molecule has 2 aliphatic rings. The van der Waals surface area contributed by atoms with E-state index in [9.17, 15) is 18.8 Å². The first-order chi connectivity index (χ1) is 16.5. The third-order valence-electron chi connectivity index (χ3n) is 6.57. The van der Waals surface area contributed by atoms with Crippen molar-refractivity contribution in [3.05, 3.63) is 58.2 Å². The van der Waals surface area contributed by atoms with E-state index in [2.05, 4.69) is 38.0 Å². The molecule has 1 atom stereocenters. The van der Waals surface area contributed by atoms with Crippen LogP contribution >= 0.6 is 11.8 Å². The number of thioether (sulfide) groups is 1. The molecule has 184 valence electrons. The standard InChI is InChI=1S/C26H28FN3O4S/c1-15-13-26(2,3)29(4)20-12-21(34-5)16(10-19(15)20)11-22-24(32)30(25(33)35-22)14-23(31)28-18-8-6-17(27)7-9-18/h6-12,15H,13-14H2,1-5H3,(H,28,31)/b22-11+. The number of ether oxygens (including phenoxy) is 1. The minimum atomic E-state index is -0.550. The number of hydrogen-bond acceptors (Lipinski definition) is 6. The fraction of sp³-hybridized carbons (Fsp3) is 0.346. The molecule has 1 fully saturated rings. The zero-order chi connectivity index (χ0) is 25.5. The molecule has 0 saturated carbocycles. The van der Waals surface area contributed by atoms with Crippen molar-refractivity contribution in [1.82, 2.24) is 4.90 Å². The van der Waals surface area contributed by atoms with Gasteiger partial charge in [-0.1, -0.05) is 6.92 Å². The Morgan fingerprint density at radius 2 is 1.94 bits per heavy atom. The number of methoxy groups -OCH3 is 1. The summed E-state index contributed by atoms with van der Waals surface area (Å²) >= 11 is 0.788. The number of carbonyl (C=O) groups is 3. The molecule has 0 bridgehead atoms. The van der Waals surface area contributed by atoms with Gasteiger partial charge >= 0.3 is 0 Å². The summed E-state index contributed by atoms with van der Waals surface area (Å²) in [6.45, 7) is 6.15. The highest BCUT2D eigenvalue weighted by Gasteiger charge is 2.38. The number of amides is 3. The zero-order valence-corrected chi connectivity index (χ0v) is 21.2. The lowest BCUT2D eigenvalue weighted by Crippen LogP contribution is -2.45. The van der Waals surface area contributed by atoms with Crippen LogP contribution in [-0.4, -0.2) is 48.2 Å². The lowest BCUT2D eigenvalue weighted by Gasteiger charge is -2.45. The monoisotopic (exact) mass is 497 g/mol. The smallest absolute Gasteiger partial charge is 0.294 e. The third-order valence-corrected chi connectivity index (χ3v) is 7.48. The molecule has 1 saturated heterocycles. The fourth-order valence-electron chi connectivity index (χ4n) is 4.56. The van der Waals surface area contributed by atoms with E-state index in [1.54, 1.807) is 13.2 Å². The van der Waals surface area contributed by atoms with Crippen LogP contribution in [0.15, 0.2) is 41.3 Å². The lowest BCUT2D eigenvalue weighted by atomic mass is 9.80. The van der Waals surface area contributed by atoms with Crippen molar-refractivity contribution in [2.45, 2.75) is 38.6 Å². The maximum absolute atomic E-state index is 13.1. The Kier molecular flexibility index (Phi) is 6.64. The van der Waals surface area contributed by atoms with E-state index in [1.807, 2.05) is 12.1 Å². The Bertz CT molecular complexity index is 1230. The number of hydrogen-bond donors (Lipinski definition) is 1. The molecule has 0 aliphatic carbocycles. The summed E-state index contributed by atoms with van der Waals surface area (Å²) in [4.78, 5) is 41.3. The van der Waals surface area contributed by atoms with Crippen molar-refractivity contribution in [3.63, 3.8) is 0 Å². The average molecular weight is 498 g/mol. The molecule has 0 spiro atoms. The molecular weight excluding hydrogens is 469 g/mol. The van der Waals surface area contributed by atoms with Crippen molar-refractivity contribution < 1.29 is 23.5 Å². The van der Waals surface area contributed by atoms with Crippen LogP contribution in [0.1, 0.15) is 44.2 Å². The van der Waals surface area contributed by atoms with Gasteiger partial charge in [-0.05, 0) is 79.9 Å². The van der Waals surface area contributed by atoms with E-state index in [-0.39, 0.29) is 10.4 Å². The van der Waals surface area contributed by atoms with Crippen LogP contribution in [0.2, 0.25) is 0 Å². The predicted octanol–water partition coefficient (Wildman–Crippen LogP) is 5.23. The summed E-state index contributed by atoms with van der Waals surface area (Å²) in [6.07, 6.45) is 2.62. The molecule has 0 aromatic heterocycles. The van der Waals surface area contributed by atoms with E-state index in [4.69, 9.17) is 4.74 Å². The number of imide groups is 1. The highest BCUT2D eigenvalue weighted by atomic mass is 32.2.